The summed E-state index contributed by atoms with van der Waals surface area (Å²) in [4.78, 5) is 4.18. The highest BCUT2D eigenvalue weighted by Crippen LogP contribution is 2.14. The lowest BCUT2D eigenvalue weighted by Crippen LogP contribution is -2.17. The van der Waals surface area contributed by atoms with Gasteiger partial charge in [-0.3, -0.25) is 5.41 Å². The van der Waals surface area contributed by atoms with E-state index in [0.717, 1.165) is 5.56 Å². The molecule has 2 aromatic rings. The lowest BCUT2D eigenvalue weighted by Gasteiger charge is -2.09. The Morgan fingerprint density at radius 2 is 2.27 bits per heavy atom. The molecule has 2 aromatic heterocycles. The van der Waals surface area contributed by atoms with Gasteiger partial charge in [0.15, 0.2) is 5.82 Å². The highest BCUT2D eigenvalue weighted by Gasteiger charge is 2.11. The van der Waals surface area contributed by atoms with Crippen molar-refractivity contribution in [1.29, 1.82) is 5.41 Å². The summed E-state index contributed by atoms with van der Waals surface area (Å²) < 4.78 is 1.60. The molecule has 2 rings (SSSR count). The smallest absolute Gasteiger partial charge is 0.164 e. The molecule has 0 saturated carbocycles. The van der Waals surface area contributed by atoms with Gasteiger partial charge in [-0.1, -0.05) is 0 Å². The molecule has 0 spiro atoms. The SMILES string of the molecule is Cc1ccnc(-n2cccn2)c1C(=N)N. The molecule has 2 heterocycles. The number of hydrogen-bond donors (Lipinski definition) is 2. The van der Waals surface area contributed by atoms with Gasteiger partial charge in [0.2, 0.25) is 0 Å². The Balaban J connectivity index is 2.66. The molecule has 0 radical (unpaired) electrons. The van der Waals surface area contributed by atoms with Crippen LogP contribution in [-0.2, 0) is 0 Å². The Kier molecular flexibility index (Phi) is 2.21. The second-order valence-electron chi connectivity index (χ2n) is 3.19. The van der Waals surface area contributed by atoms with Gasteiger partial charge in [-0.2, -0.15) is 5.10 Å². The van der Waals surface area contributed by atoms with Gasteiger partial charge < -0.3 is 5.73 Å². The first-order valence-corrected chi connectivity index (χ1v) is 4.50. The lowest BCUT2D eigenvalue weighted by molar-refractivity contribution is 0.841. The third-order valence-corrected chi connectivity index (χ3v) is 2.13. The molecule has 0 amide bonds. The van der Waals surface area contributed by atoms with E-state index in [4.69, 9.17) is 11.1 Å². The van der Waals surface area contributed by atoms with Gasteiger partial charge in [-0.15, -0.1) is 0 Å². The van der Waals surface area contributed by atoms with E-state index < -0.39 is 0 Å². The van der Waals surface area contributed by atoms with Crippen LogP contribution in [0.5, 0.6) is 0 Å². The van der Waals surface area contributed by atoms with E-state index in [2.05, 4.69) is 10.1 Å². The summed E-state index contributed by atoms with van der Waals surface area (Å²) in [6.07, 6.45) is 5.11. The highest BCUT2D eigenvalue weighted by atomic mass is 15.3. The van der Waals surface area contributed by atoms with Crippen molar-refractivity contribution in [3.8, 4) is 5.82 Å². The van der Waals surface area contributed by atoms with Crippen molar-refractivity contribution < 1.29 is 0 Å². The van der Waals surface area contributed by atoms with Crippen LogP contribution in [0.3, 0.4) is 0 Å². The van der Waals surface area contributed by atoms with Crippen molar-refractivity contribution >= 4 is 5.84 Å². The molecule has 0 bridgehead atoms. The van der Waals surface area contributed by atoms with Crippen LogP contribution in [0.25, 0.3) is 5.82 Å². The average molecular weight is 201 g/mol. The van der Waals surface area contributed by atoms with Gasteiger partial charge >= 0.3 is 0 Å². The highest BCUT2D eigenvalue weighted by molar-refractivity contribution is 5.99. The summed E-state index contributed by atoms with van der Waals surface area (Å²) in [6, 6.07) is 3.62. The van der Waals surface area contributed by atoms with Crippen molar-refractivity contribution in [2.75, 3.05) is 0 Å². The van der Waals surface area contributed by atoms with Crippen molar-refractivity contribution in [1.82, 2.24) is 14.8 Å². The third-order valence-electron chi connectivity index (χ3n) is 2.13. The zero-order valence-corrected chi connectivity index (χ0v) is 8.31. The van der Waals surface area contributed by atoms with Crippen LogP contribution in [0.1, 0.15) is 11.1 Å². The molecule has 5 nitrogen and oxygen atoms in total. The minimum Gasteiger partial charge on any atom is -0.384 e. The van der Waals surface area contributed by atoms with Gasteiger partial charge in [0.05, 0.1) is 5.56 Å². The molecule has 0 aliphatic carbocycles. The van der Waals surface area contributed by atoms with E-state index >= 15 is 0 Å². The van der Waals surface area contributed by atoms with Crippen LogP contribution in [0.15, 0.2) is 30.7 Å². The summed E-state index contributed by atoms with van der Waals surface area (Å²) in [7, 11) is 0. The van der Waals surface area contributed by atoms with E-state index in [9.17, 15) is 0 Å². The Morgan fingerprint density at radius 1 is 1.47 bits per heavy atom. The number of nitrogens with two attached hydrogens (primary N) is 1. The van der Waals surface area contributed by atoms with E-state index in [1.165, 1.54) is 0 Å². The molecule has 0 fully saturated rings. The average Bonchev–Trinajstić information content (AvgIpc) is 2.69. The topological polar surface area (TPSA) is 80.6 Å². The predicted molar refractivity (Wildman–Crippen MR) is 57.1 cm³/mol. The fourth-order valence-electron chi connectivity index (χ4n) is 1.44. The summed E-state index contributed by atoms with van der Waals surface area (Å²) in [5, 5.41) is 11.6. The van der Waals surface area contributed by atoms with E-state index in [-0.39, 0.29) is 5.84 Å². The number of aryl methyl sites for hydroxylation is 1. The van der Waals surface area contributed by atoms with Crippen LogP contribution in [0.4, 0.5) is 0 Å². The lowest BCUT2D eigenvalue weighted by atomic mass is 10.1. The molecule has 0 aliphatic heterocycles. The van der Waals surface area contributed by atoms with Crippen LogP contribution in [0, 0.1) is 12.3 Å². The largest absolute Gasteiger partial charge is 0.384 e. The van der Waals surface area contributed by atoms with Crippen molar-refractivity contribution in [2.45, 2.75) is 6.92 Å². The minimum atomic E-state index is 0.00565. The zero-order chi connectivity index (χ0) is 10.8. The molecule has 0 saturated heterocycles. The Bertz CT molecular complexity index is 487. The van der Waals surface area contributed by atoms with Crippen molar-refractivity contribution in [3.05, 3.63) is 41.9 Å². The molecule has 15 heavy (non-hydrogen) atoms. The molecule has 0 atom stereocenters. The number of rotatable bonds is 2. The Morgan fingerprint density at radius 3 is 2.87 bits per heavy atom. The van der Waals surface area contributed by atoms with E-state index in [0.29, 0.717) is 11.4 Å². The third kappa shape index (κ3) is 1.59. The second kappa shape index (κ2) is 3.53. The van der Waals surface area contributed by atoms with E-state index in [1.54, 1.807) is 29.3 Å². The molecule has 0 aliphatic rings. The zero-order valence-electron chi connectivity index (χ0n) is 8.31. The van der Waals surface area contributed by atoms with Crippen LogP contribution < -0.4 is 5.73 Å². The molecular formula is C10H11N5. The fourth-order valence-corrected chi connectivity index (χ4v) is 1.44. The quantitative estimate of drug-likeness (QED) is 0.558. The van der Waals surface area contributed by atoms with Crippen LogP contribution in [-0.4, -0.2) is 20.6 Å². The monoisotopic (exact) mass is 201 g/mol. The summed E-state index contributed by atoms with van der Waals surface area (Å²) in [5.41, 5.74) is 7.07. The molecule has 0 unspecified atom stereocenters. The minimum absolute atomic E-state index is 0.00565. The molecule has 3 N–H and O–H groups in total. The maximum absolute atomic E-state index is 7.52. The van der Waals surface area contributed by atoms with Crippen molar-refractivity contribution in [3.63, 3.8) is 0 Å². The Hall–Kier alpha value is -2.17. The molecule has 0 aromatic carbocycles. The van der Waals surface area contributed by atoms with Gasteiger partial charge in [-0.25, -0.2) is 9.67 Å². The number of amidine groups is 1. The summed E-state index contributed by atoms with van der Waals surface area (Å²) in [6.45, 7) is 1.89. The van der Waals surface area contributed by atoms with Crippen LogP contribution in [0.2, 0.25) is 0 Å². The summed E-state index contributed by atoms with van der Waals surface area (Å²) in [5.74, 6) is 0.596. The second-order valence-corrected chi connectivity index (χ2v) is 3.19. The van der Waals surface area contributed by atoms with Gasteiger partial charge in [0, 0.05) is 18.6 Å². The van der Waals surface area contributed by atoms with Crippen LogP contribution >= 0.6 is 0 Å². The van der Waals surface area contributed by atoms with Gasteiger partial charge in [0.25, 0.3) is 0 Å². The maximum atomic E-state index is 7.52. The molecule has 76 valence electrons. The van der Waals surface area contributed by atoms with Gasteiger partial charge in [0.1, 0.15) is 5.84 Å². The maximum Gasteiger partial charge on any atom is 0.164 e. The standard InChI is InChI=1S/C10H11N5/c1-7-3-5-13-10(8(7)9(11)12)15-6-2-4-14-15/h2-6H,1H3,(H3,11,12). The number of nitrogens with zero attached hydrogens (tertiary/aromatic N) is 3. The van der Waals surface area contributed by atoms with Gasteiger partial charge in [-0.05, 0) is 24.6 Å². The summed E-state index contributed by atoms with van der Waals surface area (Å²) >= 11 is 0. The molecule has 5 heteroatoms. The first-order chi connectivity index (χ1) is 7.20. The first kappa shape index (κ1) is 9.39. The molecular weight excluding hydrogens is 190 g/mol. The first-order valence-electron chi connectivity index (χ1n) is 4.50. The number of aromatic nitrogens is 3. The number of pyridine rings is 1. The Labute approximate surface area is 87.1 Å². The van der Waals surface area contributed by atoms with E-state index in [1.807, 2.05) is 13.0 Å². The number of nitrogens with one attached hydrogen (secondary N) is 1. The number of hydrogen-bond acceptors (Lipinski definition) is 3. The fraction of sp³-hybridized carbons (Fsp3) is 0.100. The van der Waals surface area contributed by atoms with Crippen molar-refractivity contribution in [2.24, 2.45) is 5.73 Å². The number of nitrogen functional groups attached to an aromatic ring is 1. The predicted octanol–water partition coefficient (Wildman–Crippen LogP) is 0.860. The normalized spacial score (nSPS) is 10.2.